The van der Waals surface area contributed by atoms with Crippen molar-refractivity contribution in [2.75, 3.05) is 26.2 Å². The molecule has 0 spiro atoms. The minimum atomic E-state index is 0.110. The van der Waals surface area contributed by atoms with E-state index in [-0.39, 0.29) is 5.41 Å². The lowest BCUT2D eigenvalue weighted by Crippen LogP contribution is -2.60. The zero-order valence-corrected chi connectivity index (χ0v) is 18.7. The van der Waals surface area contributed by atoms with E-state index < -0.39 is 0 Å². The van der Waals surface area contributed by atoms with Crippen molar-refractivity contribution in [3.05, 3.63) is 64.2 Å². The van der Waals surface area contributed by atoms with Crippen molar-refractivity contribution in [1.29, 1.82) is 0 Å². The summed E-state index contributed by atoms with van der Waals surface area (Å²) in [4.78, 5) is 5.36. The molecule has 2 aliphatic heterocycles. The fourth-order valence-electron chi connectivity index (χ4n) is 5.47. The summed E-state index contributed by atoms with van der Waals surface area (Å²) in [6.07, 6.45) is 1.15. The van der Waals surface area contributed by atoms with E-state index in [2.05, 4.69) is 62.6 Å². The second kappa shape index (κ2) is 7.77. The predicted molar refractivity (Wildman–Crippen MR) is 121 cm³/mol. The van der Waals surface area contributed by atoms with Crippen LogP contribution in [0.1, 0.15) is 48.1 Å². The summed E-state index contributed by atoms with van der Waals surface area (Å²) < 4.78 is 0. The number of fused-ring (bicyclic) bond motifs is 1. The maximum atomic E-state index is 10.0. The molecule has 2 aliphatic rings. The third kappa shape index (κ3) is 3.95. The van der Waals surface area contributed by atoms with E-state index in [9.17, 15) is 5.11 Å². The monoisotopic (exact) mass is 392 g/mol. The van der Waals surface area contributed by atoms with Gasteiger partial charge in [-0.25, -0.2) is 0 Å². The van der Waals surface area contributed by atoms with E-state index in [4.69, 9.17) is 0 Å². The number of nitrogens with zero attached hydrogens (tertiary/aromatic N) is 2. The van der Waals surface area contributed by atoms with Gasteiger partial charge >= 0.3 is 0 Å². The van der Waals surface area contributed by atoms with Crippen molar-refractivity contribution >= 4 is 0 Å². The molecule has 1 N–H and O–H groups in total. The van der Waals surface area contributed by atoms with Gasteiger partial charge in [-0.1, -0.05) is 38.1 Å². The normalized spacial score (nSPS) is 28.3. The minimum Gasteiger partial charge on any atom is -0.508 e. The Morgan fingerprint density at radius 1 is 1.00 bits per heavy atom. The SMILES string of the molecule is Cc1cc(C)c(CN2CCN3C[C@H](C)C(C)(c4cccc(O)c4)C[C@@H]3C2)cc1C. The first-order valence-electron chi connectivity index (χ1n) is 11.1. The third-order valence-electron chi connectivity index (χ3n) is 7.80. The molecule has 2 saturated heterocycles. The molecule has 3 nitrogen and oxygen atoms in total. The van der Waals surface area contributed by atoms with E-state index in [0.717, 1.165) is 39.1 Å². The number of hydrogen-bond donors (Lipinski definition) is 1. The molecule has 1 unspecified atom stereocenters. The number of aryl methyl sites for hydroxylation is 3. The summed E-state index contributed by atoms with van der Waals surface area (Å²) in [6.45, 7) is 17.1. The second-order valence-electron chi connectivity index (χ2n) is 9.82. The molecular weight excluding hydrogens is 356 g/mol. The molecular formula is C26H36N2O. The van der Waals surface area contributed by atoms with Gasteiger partial charge in [0.25, 0.3) is 0 Å². The summed E-state index contributed by atoms with van der Waals surface area (Å²) in [5.41, 5.74) is 7.07. The lowest BCUT2D eigenvalue weighted by atomic mass is 9.65. The first-order chi connectivity index (χ1) is 13.8. The predicted octanol–water partition coefficient (Wildman–Crippen LogP) is 4.80. The Bertz CT molecular complexity index is 892. The van der Waals surface area contributed by atoms with Crippen LogP contribution in [0.2, 0.25) is 0 Å². The fraction of sp³-hybridized carbons (Fsp3) is 0.538. The summed E-state index contributed by atoms with van der Waals surface area (Å²) in [5.74, 6) is 0.961. The number of phenolic OH excluding ortho intramolecular Hbond substituents is 1. The Labute approximate surface area is 176 Å². The standard InChI is InChI=1S/C26H36N2O/c1-18-11-20(3)22(12-19(18)2)16-27-9-10-28-15-21(4)26(5,14-24(28)17-27)23-7-6-8-25(29)13-23/h6-8,11-13,21,24,29H,9-10,14-17H2,1-5H3/t21-,24+,26?/m0/s1. The van der Waals surface area contributed by atoms with Crippen LogP contribution in [0, 0.1) is 26.7 Å². The zero-order valence-electron chi connectivity index (χ0n) is 18.7. The van der Waals surface area contributed by atoms with Crippen LogP contribution >= 0.6 is 0 Å². The van der Waals surface area contributed by atoms with Crippen molar-refractivity contribution in [1.82, 2.24) is 9.80 Å². The summed E-state index contributed by atoms with van der Waals surface area (Å²) in [6, 6.07) is 13.2. The molecule has 2 aromatic rings. The Hall–Kier alpha value is -1.84. The Kier molecular flexibility index (Phi) is 5.48. The van der Waals surface area contributed by atoms with Gasteiger partial charge in [0, 0.05) is 38.8 Å². The summed E-state index contributed by atoms with van der Waals surface area (Å²) in [7, 11) is 0. The number of hydrogen-bond acceptors (Lipinski definition) is 3. The van der Waals surface area contributed by atoms with Crippen LogP contribution in [0.5, 0.6) is 5.75 Å². The minimum absolute atomic E-state index is 0.110. The fourth-order valence-corrected chi connectivity index (χ4v) is 5.47. The van der Waals surface area contributed by atoms with Crippen LogP contribution in [0.3, 0.4) is 0 Å². The van der Waals surface area contributed by atoms with E-state index in [1.54, 1.807) is 6.07 Å². The van der Waals surface area contributed by atoms with Gasteiger partial charge in [0.15, 0.2) is 0 Å². The number of phenols is 1. The molecule has 156 valence electrons. The number of aromatic hydroxyl groups is 1. The number of piperazine rings is 1. The lowest BCUT2D eigenvalue weighted by Gasteiger charge is -2.53. The number of benzene rings is 2. The zero-order chi connectivity index (χ0) is 20.8. The van der Waals surface area contributed by atoms with E-state index in [1.165, 1.54) is 27.8 Å². The number of rotatable bonds is 3. The van der Waals surface area contributed by atoms with Crippen LogP contribution in [-0.2, 0) is 12.0 Å². The van der Waals surface area contributed by atoms with Gasteiger partial charge in [0.1, 0.15) is 5.75 Å². The van der Waals surface area contributed by atoms with Gasteiger partial charge in [-0.3, -0.25) is 9.80 Å². The molecule has 0 amide bonds. The van der Waals surface area contributed by atoms with Crippen LogP contribution in [0.15, 0.2) is 36.4 Å². The Morgan fingerprint density at radius 3 is 2.52 bits per heavy atom. The highest BCUT2D eigenvalue weighted by molar-refractivity contribution is 5.37. The van der Waals surface area contributed by atoms with Gasteiger partial charge < -0.3 is 5.11 Å². The molecule has 0 radical (unpaired) electrons. The first kappa shape index (κ1) is 20.4. The van der Waals surface area contributed by atoms with Gasteiger partial charge in [-0.2, -0.15) is 0 Å². The molecule has 2 heterocycles. The van der Waals surface area contributed by atoms with Gasteiger partial charge in [-0.05, 0) is 78.5 Å². The molecule has 0 aliphatic carbocycles. The molecule has 2 fully saturated rings. The van der Waals surface area contributed by atoms with Crippen molar-refractivity contribution in [3.63, 3.8) is 0 Å². The highest BCUT2D eigenvalue weighted by Crippen LogP contribution is 2.43. The van der Waals surface area contributed by atoms with E-state index >= 15 is 0 Å². The van der Waals surface area contributed by atoms with Gasteiger partial charge in [-0.15, -0.1) is 0 Å². The van der Waals surface area contributed by atoms with Crippen LogP contribution in [0.4, 0.5) is 0 Å². The van der Waals surface area contributed by atoms with Crippen LogP contribution in [-0.4, -0.2) is 47.1 Å². The highest BCUT2D eigenvalue weighted by atomic mass is 16.3. The average molecular weight is 393 g/mol. The molecule has 3 heteroatoms. The van der Waals surface area contributed by atoms with E-state index in [1.807, 2.05) is 12.1 Å². The van der Waals surface area contributed by atoms with E-state index in [0.29, 0.717) is 17.7 Å². The molecule has 0 saturated carbocycles. The first-order valence-corrected chi connectivity index (χ1v) is 11.1. The molecule has 4 rings (SSSR count). The second-order valence-corrected chi connectivity index (χ2v) is 9.82. The maximum absolute atomic E-state index is 10.0. The lowest BCUT2D eigenvalue weighted by molar-refractivity contribution is -0.00562. The van der Waals surface area contributed by atoms with Crippen LogP contribution in [0.25, 0.3) is 0 Å². The molecule has 2 aromatic carbocycles. The molecule has 0 bridgehead atoms. The maximum Gasteiger partial charge on any atom is 0.115 e. The van der Waals surface area contributed by atoms with Crippen molar-refractivity contribution in [3.8, 4) is 5.75 Å². The number of piperidine rings is 1. The van der Waals surface area contributed by atoms with Crippen molar-refractivity contribution in [2.45, 2.75) is 59.0 Å². The molecule has 29 heavy (non-hydrogen) atoms. The third-order valence-corrected chi connectivity index (χ3v) is 7.80. The van der Waals surface area contributed by atoms with Gasteiger partial charge in [0.05, 0.1) is 0 Å². The van der Waals surface area contributed by atoms with Gasteiger partial charge in [0.2, 0.25) is 0 Å². The molecule has 0 aromatic heterocycles. The highest BCUT2D eigenvalue weighted by Gasteiger charge is 2.44. The van der Waals surface area contributed by atoms with Crippen LogP contribution < -0.4 is 0 Å². The summed E-state index contributed by atoms with van der Waals surface area (Å²) >= 11 is 0. The Balaban J connectivity index is 1.51. The van der Waals surface area contributed by atoms with Crippen molar-refractivity contribution in [2.24, 2.45) is 5.92 Å². The molecule has 3 atom stereocenters. The smallest absolute Gasteiger partial charge is 0.115 e. The quantitative estimate of drug-likeness (QED) is 0.813. The summed E-state index contributed by atoms with van der Waals surface area (Å²) in [5, 5.41) is 10.0. The largest absolute Gasteiger partial charge is 0.508 e. The van der Waals surface area contributed by atoms with Crippen molar-refractivity contribution < 1.29 is 5.11 Å². The Morgan fingerprint density at radius 2 is 1.76 bits per heavy atom. The average Bonchev–Trinajstić information content (AvgIpc) is 2.67. The topological polar surface area (TPSA) is 26.7 Å².